The number of hydrogen-bond acceptors (Lipinski definition) is 6. The fourth-order valence-corrected chi connectivity index (χ4v) is 7.99. The van der Waals surface area contributed by atoms with E-state index in [1.54, 1.807) is 42.1 Å². The Morgan fingerprint density at radius 2 is 1.84 bits per heavy atom. The molecule has 1 unspecified atom stereocenters. The first-order valence-corrected chi connectivity index (χ1v) is 17.6. The Hall–Kier alpha value is -3.73. The minimum absolute atomic E-state index is 0.0412. The number of hydrogen-bond donors (Lipinski definition) is 1. The summed E-state index contributed by atoms with van der Waals surface area (Å²) >= 11 is 0. The molecule has 228 valence electrons. The Bertz CT molecular complexity index is 1450. The molecule has 8 nitrogen and oxygen atoms in total. The number of carbonyl (C=O) groups excluding carboxylic acids is 2. The first kappa shape index (κ1) is 30.7. The lowest BCUT2D eigenvalue weighted by Gasteiger charge is -2.43. The minimum atomic E-state index is -3.45. The molecule has 2 amide bonds. The maximum absolute atomic E-state index is 16.1. The number of aliphatic hydroxyl groups is 1. The van der Waals surface area contributed by atoms with Gasteiger partial charge in [0.1, 0.15) is 17.6 Å². The van der Waals surface area contributed by atoms with Gasteiger partial charge in [-0.1, -0.05) is 49.4 Å². The smallest absolute Gasteiger partial charge is 0.269 e. The van der Waals surface area contributed by atoms with Crippen molar-refractivity contribution in [3.8, 4) is 11.5 Å². The van der Waals surface area contributed by atoms with E-state index in [0.717, 1.165) is 11.1 Å². The molecule has 0 bridgehead atoms. The van der Waals surface area contributed by atoms with Gasteiger partial charge in [-0.3, -0.25) is 14.5 Å². The zero-order chi connectivity index (χ0) is 30.7. The number of benzene rings is 3. The summed E-state index contributed by atoms with van der Waals surface area (Å²) in [5.74, 6) is 0.456. The molecule has 0 radical (unpaired) electrons. The first-order valence-electron chi connectivity index (χ1n) is 14.6. The van der Waals surface area contributed by atoms with E-state index < -0.39 is 26.2 Å². The number of amides is 2. The molecule has 5 rings (SSSR count). The summed E-state index contributed by atoms with van der Waals surface area (Å²) < 4.78 is 34.2. The summed E-state index contributed by atoms with van der Waals surface area (Å²) in [6, 6.07) is 22.4. The van der Waals surface area contributed by atoms with Crippen molar-refractivity contribution in [3.05, 3.63) is 83.9 Å². The predicted octanol–water partition coefficient (Wildman–Crippen LogP) is 5.78. The van der Waals surface area contributed by atoms with Crippen molar-refractivity contribution < 1.29 is 33.0 Å². The lowest BCUT2D eigenvalue weighted by molar-refractivity contribution is -0.133. The van der Waals surface area contributed by atoms with Crippen LogP contribution in [0.15, 0.2) is 72.8 Å². The zero-order valence-electron chi connectivity index (χ0n) is 25.0. The lowest BCUT2D eigenvalue weighted by atomic mass is 9.86. The Labute approximate surface area is 253 Å². The molecule has 2 aliphatic rings. The number of halogens is 1. The highest BCUT2D eigenvalue weighted by Crippen LogP contribution is 2.49. The number of carbonyl (C=O) groups is 2. The van der Waals surface area contributed by atoms with E-state index in [1.807, 2.05) is 67.6 Å². The number of methoxy groups -OCH3 is 1. The molecular formula is C33H39FN2O6Si. The molecular weight excluding hydrogens is 567 g/mol. The van der Waals surface area contributed by atoms with Crippen molar-refractivity contribution in [2.24, 2.45) is 5.92 Å². The van der Waals surface area contributed by atoms with Crippen LogP contribution < -0.4 is 14.4 Å². The summed E-state index contributed by atoms with van der Waals surface area (Å²) in [6.07, 6.45) is -1.11. The third-order valence-corrected chi connectivity index (χ3v) is 10.7. The molecule has 0 aromatic heterocycles. The second-order valence-corrected chi connectivity index (χ2v) is 15.6. The van der Waals surface area contributed by atoms with E-state index in [2.05, 4.69) is 0 Å². The third kappa shape index (κ3) is 6.46. The molecule has 0 saturated heterocycles. The topological polar surface area (TPSA) is 88.5 Å². The molecule has 10 heteroatoms. The van der Waals surface area contributed by atoms with Crippen molar-refractivity contribution in [2.45, 2.75) is 50.7 Å². The fraction of sp³-hybridized carbons (Fsp3) is 0.394. The molecule has 2 heterocycles. The van der Waals surface area contributed by atoms with Crippen molar-refractivity contribution in [1.29, 1.82) is 0 Å². The van der Waals surface area contributed by atoms with Crippen molar-refractivity contribution in [2.75, 3.05) is 31.8 Å². The number of anilines is 2. The largest absolute Gasteiger partial charge is 0.490 e. The van der Waals surface area contributed by atoms with Crippen LogP contribution in [0.3, 0.4) is 0 Å². The van der Waals surface area contributed by atoms with Crippen LogP contribution in [0.2, 0.25) is 18.6 Å². The number of aliphatic hydroxyl groups excluding tert-OH is 1. The van der Waals surface area contributed by atoms with Crippen molar-refractivity contribution in [3.63, 3.8) is 0 Å². The van der Waals surface area contributed by atoms with Gasteiger partial charge in [0.25, 0.3) is 5.91 Å². The van der Waals surface area contributed by atoms with Crippen LogP contribution in [0.5, 0.6) is 11.5 Å². The second-order valence-electron chi connectivity index (χ2n) is 11.7. The van der Waals surface area contributed by atoms with E-state index in [-0.39, 0.29) is 43.9 Å². The average molecular weight is 607 g/mol. The minimum Gasteiger partial charge on any atom is -0.490 e. The summed E-state index contributed by atoms with van der Waals surface area (Å²) in [4.78, 5) is 29.8. The highest BCUT2D eigenvalue weighted by Gasteiger charge is 2.49. The SMILES string of the molecule is CO[C@@H]1c2cc(N3C(=O)COc4ccccc43)ccc2O[C@H](C(CC(=O)N(CCO)Cc2ccccc2)[Si](C)(C)F)[C@H]1C. The number of fused-ring (bicyclic) bond motifs is 2. The van der Waals surface area contributed by atoms with Crippen LogP contribution in [0, 0.1) is 5.92 Å². The summed E-state index contributed by atoms with van der Waals surface area (Å²) in [5.41, 5.74) is 2.34. The zero-order valence-corrected chi connectivity index (χ0v) is 26.0. The van der Waals surface area contributed by atoms with Gasteiger partial charge in [-0.15, -0.1) is 0 Å². The van der Waals surface area contributed by atoms with Gasteiger partial charge < -0.3 is 28.3 Å². The van der Waals surface area contributed by atoms with Gasteiger partial charge in [0, 0.05) is 49.3 Å². The lowest BCUT2D eigenvalue weighted by Crippen LogP contribution is -2.48. The Kier molecular flexibility index (Phi) is 9.19. The molecule has 4 atom stereocenters. The summed E-state index contributed by atoms with van der Waals surface area (Å²) in [7, 11) is -1.84. The number of ether oxygens (including phenoxy) is 3. The molecule has 0 aliphatic carbocycles. The van der Waals surface area contributed by atoms with Crippen LogP contribution in [-0.4, -0.2) is 63.2 Å². The quantitative estimate of drug-likeness (QED) is 0.232. The Morgan fingerprint density at radius 3 is 2.53 bits per heavy atom. The number of nitrogens with zero attached hydrogens (tertiary/aromatic N) is 2. The average Bonchev–Trinajstić information content (AvgIpc) is 2.99. The second kappa shape index (κ2) is 12.9. The molecule has 1 N–H and O–H groups in total. The maximum Gasteiger partial charge on any atom is 0.269 e. The van der Waals surface area contributed by atoms with E-state index >= 15 is 4.11 Å². The normalized spacial score (nSPS) is 20.4. The van der Waals surface area contributed by atoms with E-state index in [4.69, 9.17) is 14.2 Å². The Morgan fingerprint density at radius 1 is 1.12 bits per heavy atom. The van der Waals surface area contributed by atoms with E-state index in [9.17, 15) is 14.7 Å². The van der Waals surface area contributed by atoms with Gasteiger partial charge in [0.15, 0.2) is 6.61 Å². The van der Waals surface area contributed by atoms with Crippen molar-refractivity contribution in [1.82, 2.24) is 4.90 Å². The van der Waals surface area contributed by atoms with Crippen molar-refractivity contribution >= 4 is 31.6 Å². The van der Waals surface area contributed by atoms with Crippen LogP contribution >= 0.6 is 0 Å². The van der Waals surface area contributed by atoms with Gasteiger partial charge in [-0.25, -0.2) is 0 Å². The Balaban J connectivity index is 1.43. The van der Waals surface area contributed by atoms with Crippen LogP contribution in [0.1, 0.15) is 30.6 Å². The highest BCUT2D eigenvalue weighted by atomic mass is 28.4. The summed E-state index contributed by atoms with van der Waals surface area (Å²) in [5, 5.41) is 9.68. The monoisotopic (exact) mass is 606 g/mol. The molecule has 43 heavy (non-hydrogen) atoms. The van der Waals surface area contributed by atoms with E-state index in [1.165, 1.54) is 0 Å². The third-order valence-electron chi connectivity index (χ3n) is 8.39. The number of rotatable bonds is 10. The van der Waals surface area contributed by atoms with Gasteiger partial charge in [0.05, 0.1) is 18.4 Å². The standard InChI is InChI=1S/C33H39FN2O6Si/c1-22-32(40-2)25-18-24(36-26-12-8-9-13-28(26)41-21-31(36)39)14-15-27(25)42-33(22)29(43(3,4)34)19-30(38)35(16-17-37)20-23-10-6-5-7-11-23/h5-15,18,22,29,32-33,37H,16-17,19-21H2,1-4H3/t22-,29?,32-,33-/m0/s1. The van der Waals surface area contributed by atoms with Gasteiger partial charge in [-0.05, 0) is 49.0 Å². The van der Waals surface area contributed by atoms with E-state index in [0.29, 0.717) is 29.4 Å². The molecule has 0 fully saturated rings. The summed E-state index contributed by atoms with van der Waals surface area (Å²) in [6.45, 7) is 5.40. The molecule has 0 saturated carbocycles. The van der Waals surface area contributed by atoms with Gasteiger partial charge in [0.2, 0.25) is 14.3 Å². The number of para-hydroxylation sites is 2. The van der Waals surface area contributed by atoms with Gasteiger partial charge in [-0.2, -0.15) is 0 Å². The van der Waals surface area contributed by atoms with Crippen LogP contribution in [0.4, 0.5) is 15.5 Å². The highest BCUT2D eigenvalue weighted by molar-refractivity contribution is 6.72. The van der Waals surface area contributed by atoms with Crippen LogP contribution in [0.25, 0.3) is 0 Å². The predicted molar refractivity (Wildman–Crippen MR) is 165 cm³/mol. The van der Waals surface area contributed by atoms with Crippen LogP contribution in [-0.2, 0) is 20.9 Å². The fourth-order valence-electron chi connectivity index (χ4n) is 6.17. The molecule has 3 aromatic carbocycles. The molecule has 2 aliphatic heterocycles. The maximum atomic E-state index is 16.1. The molecule has 0 spiro atoms. The molecule has 3 aromatic rings. The first-order chi connectivity index (χ1) is 20.6. The van der Waals surface area contributed by atoms with Gasteiger partial charge >= 0.3 is 0 Å².